The minimum Gasteiger partial charge on any atom is -0.454 e. The van der Waals surface area contributed by atoms with E-state index in [2.05, 4.69) is 0 Å². The number of carbonyl (C=O) groups excluding carboxylic acids is 1. The van der Waals surface area contributed by atoms with Gasteiger partial charge in [-0.2, -0.15) is 0 Å². The molecular weight excluding hydrogens is 232 g/mol. The van der Waals surface area contributed by atoms with Crippen molar-refractivity contribution in [3.63, 3.8) is 0 Å². The van der Waals surface area contributed by atoms with E-state index in [-0.39, 0.29) is 12.7 Å². The highest BCUT2D eigenvalue weighted by molar-refractivity contribution is 6.00. The Labute approximate surface area is 105 Å². The van der Waals surface area contributed by atoms with Gasteiger partial charge in [0.25, 0.3) is 0 Å². The van der Waals surface area contributed by atoms with E-state index < -0.39 is 6.04 Å². The fourth-order valence-electron chi connectivity index (χ4n) is 2.49. The quantitative estimate of drug-likeness (QED) is 0.849. The molecule has 1 amide bonds. The third kappa shape index (κ3) is 1.62. The Morgan fingerprint density at radius 2 is 2.11 bits per heavy atom. The summed E-state index contributed by atoms with van der Waals surface area (Å²) in [6.07, 6.45) is 1.46. The van der Waals surface area contributed by atoms with Gasteiger partial charge in [0.05, 0.1) is 11.7 Å². The molecule has 0 saturated carbocycles. The van der Waals surface area contributed by atoms with Crippen molar-refractivity contribution in [1.29, 1.82) is 0 Å². The number of nitrogens with zero attached hydrogens (tertiary/aromatic N) is 1. The van der Waals surface area contributed by atoms with Crippen LogP contribution in [0.2, 0.25) is 0 Å². The first-order chi connectivity index (χ1) is 8.70. The standard InChI is InChI=1S/C13H16N2O3/c1-2-3-15-10-6-12-11(17-7-18-12)5-8(10)4-9(14)13(15)16/h5-6,9H,2-4,7,14H2,1H3/t9-/m0/s1. The van der Waals surface area contributed by atoms with Crippen LogP contribution >= 0.6 is 0 Å². The summed E-state index contributed by atoms with van der Waals surface area (Å²) in [5.41, 5.74) is 7.86. The Balaban J connectivity index is 2.07. The van der Waals surface area contributed by atoms with Crippen molar-refractivity contribution in [2.45, 2.75) is 25.8 Å². The lowest BCUT2D eigenvalue weighted by Gasteiger charge is -2.32. The van der Waals surface area contributed by atoms with Crippen LogP contribution in [-0.4, -0.2) is 25.3 Å². The predicted octanol–water partition coefficient (Wildman–Crippen LogP) is 1.04. The van der Waals surface area contributed by atoms with E-state index in [0.29, 0.717) is 18.7 Å². The smallest absolute Gasteiger partial charge is 0.244 e. The summed E-state index contributed by atoms with van der Waals surface area (Å²) < 4.78 is 10.7. The summed E-state index contributed by atoms with van der Waals surface area (Å²) in [5, 5.41) is 0. The molecule has 3 rings (SSSR count). The SMILES string of the molecule is CCCN1C(=O)[C@@H](N)Cc2cc3c(cc21)OCO3. The van der Waals surface area contributed by atoms with Crippen LogP contribution in [0.5, 0.6) is 11.5 Å². The topological polar surface area (TPSA) is 64.8 Å². The molecule has 0 aromatic heterocycles. The third-order valence-electron chi connectivity index (χ3n) is 3.33. The van der Waals surface area contributed by atoms with E-state index in [1.807, 2.05) is 19.1 Å². The van der Waals surface area contributed by atoms with Crippen LogP contribution in [0.4, 0.5) is 5.69 Å². The number of amides is 1. The second-order valence-corrected chi connectivity index (χ2v) is 4.63. The van der Waals surface area contributed by atoms with Crippen LogP contribution in [0, 0.1) is 0 Å². The molecule has 2 N–H and O–H groups in total. The molecule has 0 unspecified atom stereocenters. The maximum atomic E-state index is 12.1. The number of carbonyl (C=O) groups is 1. The van der Waals surface area contributed by atoms with Gasteiger partial charge in [-0.15, -0.1) is 0 Å². The van der Waals surface area contributed by atoms with Crippen molar-refractivity contribution in [3.8, 4) is 11.5 Å². The lowest BCUT2D eigenvalue weighted by molar-refractivity contribution is -0.120. The maximum Gasteiger partial charge on any atom is 0.244 e. The number of benzene rings is 1. The monoisotopic (exact) mass is 248 g/mol. The van der Waals surface area contributed by atoms with Crippen LogP contribution in [0.3, 0.4) is 0 Å². The molecule has 1 aromatic rings. The van der Waals surface area contributed by atoms with Crippen molar-refractivity contribution in [2.75, 3.05) is 18.2 Å². The Bertz CT molecular complexity index is 501. The lowest BCUT2D eigenvalue weighted by Crippen LogP contribution is -2.49. The van der Waals surface area contributed by atoms with E-state index in [9.17, 15) is 4.79 Å². The normalized spacial score (nSPS) is 21.1. The molecule has 2 aliphatic rings. The highest BCUT2D eigenvalue weighted by Gasteiger charge is 2.32. The number of ether oxygens (including phenoxy) is 2. The van der Waals surface area contributed by atoms with Gasteiger partial charge in [-0.05, 0) is 24.5 Å². The van der Waals surface area contributed by atoms with Crippen molar-refractivity contribution in [3.05, 3.63) is 17.7 Å². The highest BCUT2D eigenvalue weighted by atomic mass is 16.7. The summed E-state index contributed by atoms with van der Waals surface area (Å²) in [6.45, 7) is 2.96. The predicted molar refractivity (Wildman–Crippen MR) is 66.9 cm³/mol. The minimum atomic E-state index is -0.454. The van der Waals surface area contributed by atoms with Gasteiger partial charge >= 0.3 is 0 Å². The van der Waals surface area contributed by atoms with Gasteiger partial charge in [-0.25, -0.2) is 0 Å². The summed E-state index contributed by atoms with van der Waals surface area (Å²) in [5.74, 6) is 1.44. The van der Waals surface area contributed by atoms with Crippen molar-refractivity contribution in [1.82, 2.24) is 0 Å². The Morgan fingerprint density at radius 3 is 2.83 bits per heavy atom. The van der Waals surface area contributed by atoms with Gasteiger partial charge in [-0.1, -0.05) is 6.92 Å². The zero-order valence-electron chi connectivity index (χ0n) is 10.3. The highest BCUT2D eigenvalue weighted by Crippen LogP contribution is 2.40. The van der Waals surface area contributed by atoms with Crippen LogP contribution in [-0.2, 0) is 11.2 Å². The number of fused-ring (bicyclic) bond motifs is 2. The first-order valence-electron chi connectivity index (χ1n) is 6.20. The molecule has 0 aliphatic carbocycles. The molecule has 18 heavy (non-hydrogen) atoms. The molecule has 0 spiro atoms. The maximum absolute atomic E-state index is 12.1. The van der Waals surface area contributed by atoms with Crippen LogP contribution in [0.25, 0.3) is 0 Å². The minimum absolute atomic E-state index is 0.0109. The zero-order valence-corrected chi connectivity index (χ0v) is 10.3. The van der Waals surface area contributed by atoms with Crippen LogP contribution in [0.15, 0.2) is 12.1 Å². The largest absolute Gasteiger partial charge is 0.454 e. The Hall–Kier alpha value is -1.75. The van der Waals surface area contributed by atoms with Crippen molar-refractivity contribution >= 4 is 11.6 Å². The summed E-state index contributed by atoms with van der Waals surface area (Å²) in [4.78, 5) is 13.9. The molecule has 0 radical (unpaired) electrons. The molecule has 1 atom stereocenters. The average Bonchev–Trinajstić information content (AvgIpc) is 2.80. The van der Waals surface area contributed by atoms with Crippen molar-refractivity contribution < 1.29 is 14.3 Å². The van der Waals surface area contributed by atoms with Gasteiger partial charge in [0.1, 0.15) is 0 Å². The fourth-order valence-corrected chi connectivity index (χ4v) is 2.49. The third-order valence-corrected chi connectivity index (χ3v) is 3.33. The molecule has 0 saturated heterocycles. The first kappa shape index (κ1) is 11.3. The van der Waals surface area contributed by atoms with Gasteiger partial charge in [0.15, 0.2) is 11.5 Å². The van der Waals surface area contributed by atoms with E-state index in [1.54, 1.807) is 4.90 Å². The number of hydrogen-bond donors (Lipinski definition) is 1. The lowest BCUT2D eigenvalue weighted by atomic mass is 9.97. The molecule has 0 fully saturated rings. The zero-order chi connectivity index (χ0) is 12.7. The molecular formula is C13H16N2O3. The average molecular weight is 248 g/mol. The van der Waals surface area contributed by atoms with Crippen molar-refractivity contribution in [2.24, 2.45) is 5.73 Å². The van der Waals surface area contributed by atoms with Gasteiger partial charge < -0.3 is 20.1 Å². The number of nitrogens with two attached hydrogens (primary N) is 1. The second-order valence-electron chi connectivity index (χ2n) is 4.63. The first-order valence-corrected chi connectivity index (χ1v) is 6.20. The van der Waals surface area contributed by atoms with E-state index >= 15 is 0 Å². The summed E-state index contributed by atoms with van der Waals surface area (Å²) >= 11 is 0. The molecule has 96 valence electrons. The van der Waals surface area contributed by atoms with E-state index in [1.165, 1.54) is 0 Å². The van der Waals surface area contributed by atoms with Crippen LogP contribution in [0.1, 0.15) is 18.9 Å². The summed E-state index contributed by atoms with van der Waals surface area (Å²) in [7, 11) is 0. The Morgan fingerprint density at radius 1 is 1.39 bits per heavy atom. The molecule has 0 bridgehead atoms. The number of anilines is 1. The van der Waals surface area contributed by atoms with E-state index in [4.69, 9.17) is 15.2 Å². The molecule has 2 aliphatic heterocycles. The molecule has 2 heterocycles. The molecule has 5 heteroatoms. The second kappa shape index (κ2) is 4.17. The summed E-state index contributed by atoms with van der Waals surface area (Å²) in [6, 6.07) is 3.37. The van der Waals surface area contributed by atoms with Gasteiger partial charge in [0, 0.05) is 12.6 Å². The Kier molecular flexibility index (Phi) is 2.63. The molecule has 1 aromatic carbocycles. The van der Waals surface area contributed by atoms with E-state index in [0.717, 1.165) is 23.4 Å². The van der Waals surface area contributed by atoms with Gasteiger partial charge in [0.2, 0.25) is 12.7 Å². The number of hydrogen-bond acceptors (Lipinski definition) is 4. The number of rotatable bonds is 2. The van der Waals surface area contributed by atoms with Gasteiger partial charge in [-0.3, -0.25) is 4.79 Å². The van der Waals surface area contributed by atoms with Crippen LogP contribution < -0.4 is 20.1 Å². The fraction of sp³-hybridized carbons (Fsp3) is 0.462. The molecule has 5 nitrogen and oxygen atoms in total.